The lowest BCUT2D eigenvalue weighted by Gasteiger charge is -1.99. The zero-order chi connectivity index (χ0) is 13.5. The Morgan fingerprint density at radius 2 is 1.37 bits per heavy atom. The minimum absolute atomic E-state index is 0.735. The second-order valence-corrected chi connectivity index (χ2v) is 4.56. The first-order chi connectivity index (χ1) is 9.28. The van der Waals surface area contributed by atoms with Crippen LogP contribution in [0, 0.1) is 0 Å². The van der Waals surface area contributed by atoms with E-state index in [9.17, 15) is 0 Å². The van der Waals surface area contributed by atoms with Crippen molar-refractivity contribution in [1.29, 1.82) is 0 Å². The molecule has 2 aromatic carbocycles. The summed E-state index contributed by atoms with van der Waals surface area (Å²) < 4.78 is 0. The van der Waals surface area contributed by atoms with Crippen LogP contribution in [-0.2, 0) is 6.42 Å². The molecule has 0 spiro atoms. The molecular formula is C16H19N3. The van der Waals surface area contributed by atoms with Crippen LogP contribution in [0.1, 0.15) is 25.3 Å². The molecule has 0 aliphatic heterocycles. The molecule has 0 aliphatic carbocycles. The number of unbranched alkanes of at least 4 members (excludes halogenated alkanes) is 1. The lowest BCUT2D eigenvalue weighted by Crippen LogP contribution is -1.82. The van der Waals surface area contributed by atoms with E-state index in [2.05, 4.69) is 29.3 Å². The third kappa shape index (κ3) is 4.21. The average Bonchev–Trinajstić information content (AvgIpc) is 2.46. The predicted octanol–water partition coefficient (Wildman–Crippen LogP) is 5.03. The Labute approximate surface area is 114 Å². The molecule has 0 heterocycles. The minimum Gasteiger partial charge on any atom is -0.399 e. The van der Waals surface area contributed by atoms with Gasteiger partial charge >= 0.3 is 0 Å². The van der Waals surface area contributed by atoms with Crippen LogP contribution in [0.2, 0.25) is 0 Å². The Morgan fingerprint density at radius 3 is 1.89 bits per heavy atom. The Bertz CT molecular complexity index is 527. The molecular weight excluding hydrogens is 234 g/mol. The third-order valence-electron chi connectivity index (χ3n) is 2.93. The molecule has 0 saturated heterocycles. The number of nitrogen functional groups attached to an aromatic ring is 1. The van der Waals surface area contributed by atoms with Crippen molar-refractivity contribution in [2.45, 2.75) is 26.2 Å². The second kappa shape index (κ2) is 6.69. The molecule has 2 aromatic rings. The molecule has 98 valence electrons. The van der Waals surface area contributed by atoms with Crippen LogP contribution in [0.4, 0.5) is 17.1 Å². The summed E-state index contributed by atoms with van der Waals surface area (Å²) in [6.45, 7) is 2.20. The van der Waals surface area contributed by atoms with Gasteiger partial charge in [-0.25, -0.2) is 0 Å². The number of anilines is 1. The SMILES string of the molecule is CCCCc1ccc(N=Nc2ccc(N)cc2)cc1. The second-order valence-electron chi connectivity index (χ2n) is 4.56. The molecule has 0 atom stereocenters. The molecule has 2 rings (SSSR count). The standard InChI is InChI=1S/C16H19N3/c1-2-3-4-13-5-9-15(10-6-13)18-19-16-11-7-14(17)8-12-16/h5-12H,2-4,17H2,1H3. The topological polar surface area (TPSA) is 50.7 Å². The zero-order valence-corrected chi connectivity index (χ0v) is 11.2. The number of hydrogen-bond acceptors (Lipinski definition) is 3. The molecule has 2 N–H and O–H groups in total. The molecule has 3 nitrogen and oxygen atoms in total. The van der Waals surface area contributed by atoms with Crippen molar-refractivity contribution in [2.75, 3.05) is 5.73 Å². The van der Waals surface area contributed by atoms with Crippen molar-refractivity contribution in [2.24, 2.45) is 10.2 Å². The summed E-state index contributed by atoms with van der Waals surface area (Å²) in [5.41, 5.74) is 9.39. The normalized spacial score (nSPS) is 11.0. The number of nitrogens with zero attached hydrogens (tertiary/aromatic N) is 2. The van der Waals surface area contributed by atoms with Crippen molar-refractivity contribution in [3.05, 3.63) is 54.1 Å². The van der Waals surface area contributed by atoms with Crippen LogP contribution in [0.25, 0.3) is 0 Å². The number of aryl methyl sites for hydroxylation is 1. The van der Waals surface area contributed by atoms with Crippen molar-refractivity contribution >= 4 is 17.1 Å². The minimum atomic E-state index is 0.735. The number of benzene rings is 2. The van der Waals surface area contributed by atoms with E-state index < -0.39 is 0 Å². The van der Waals surface area contributed by atoms with Gasteiger partial charge in [-0.15, -0.1) is 0 Å². The maximum atomic E-state index is 5.62. The molecule has 0 saturated carbocycles. The van der Waals surface area contributed by atoms with Crippen LogP contribution >= 0.6 is 0 Å². The third-order valence-corrected chi connectivity index (χ3v) is 2.93. The van der Waals surface area contributed by atoms with E-state index in [1.807, 2.05) is 36.4 Å². The largest absolute Gasteiger partial charge is 0.399 e. The van der Waals surface area contributed by atoms with Gasteiger partial charge in [0, 0.05) is 5.69 Å². The smallest absolute Gasteiger partial charge is 0.0858 e. The summed E-state index contributed by atoms with van der Waals surface area (Å²) in [7, 11) is 0. The maximum absolute atomic E-state index is 5.62. The fourth-order valence-corrected chi connectivity index (χ4v) is 1.77. The zero-order valence-electron chi connectivity index (χ0n) is 11.2. The number of hydrogen-bond donors (Lipinski definition) is 1. The first-order valence-electron chi connectivity index (χ1n) is 6.64. The quantitative estimate of drug-likeness (QED) is 0.590. The van der Waals surface area contributed by atoms with Gasteiger partial charge in [0.1, 0.15) is 0 Å². The van der Waals surface area contributed by atoms with Gasteiger partial charge in [-0.1, -0.05) is 25.5 Å². The summed E-state index contributed by atoms with van der Waals surface area (Å²) in [6.07, 6.45) is 3.58. The molecule has 0 aliphatic rings. The Balaban J connectivity index is 2.00. The predicted molar refractivity (Wildman–Crippen MR) is 80.1 cm³/mol. The van der Waals surface area contributed by atoms with Crippen LogP contribution in [0.3, 0.4) is 0 Å². The van der Waals surface area contributed by atoms with E-state index in [-0.39, 0.29) is 0 Å². The van der Waals surface area contributed by atoms with Crippen molar-refractivity contribution < 1.29 is 0 Å². The summed E-state index contributed by atoms with van der Waals surface area (Å²) in [5.74, 6) is 0. The summed E-state index contributed by atoms with van der Waals surface area (Å²) >= 11 is 0. The van der Waals surface area contributed by atoms with Crippen LogP contribution in [-0.4, -0.2) is 0 Å². The summed E-state index contributed by atoms with van der Waals surface area (Å²) in [5, 5.41) is 8.39. The first kappa shape index (κ1) is 13.3. The van der Waals surface area contributed by atoms with Gasteiger partial charge in [-0.05, 0) is 54.8 Å². The van der Waals surface area contributed by atoms with E-state index in [4.69, 9.17) is 5.73 Å². The molecule has 0 fully saturated rings. The number of rotatable bonds is 5. The molecule has 0 amide bonds. The van der Waals surface area contributed by atoms with Gasteiger partial charge in [0.25, 0.3) is 0 Å². The molecule has 19 heavy (non-hydrogen) atoms. The van der Waals surface area contributed by atoms with Crippen LogP contribution in [0.5, 0.6) is 0 Å². The Morgan fingerprint density at radius 1 is 0.842 bits per heavy atom. The Hall–Kier alpha value is -2.16. The van der Waals surface area contributed by atoms with E-state index in [0.29, 0.717) is 0 Å². The highest BCUT2D eigenvalue weighted by Gasteiger charge is 1.94. The summed E-state index contributed by atoms with van der Waals surface area (Å²) in [6, 6.07) is 15.6. The highest BCUT2D eigenvalue weighted by Crippen LogP contribution is 2.20. The first-order valence-corrected chi connectivity index (χ1v) is 6.64. The van der Waals surface area contributed by atoms with Gasteiger partial charge in [0.05, 0.1) is 11.4 Å². The van der Waals surface area contributed by atoms with Crippen molar-refractivity contribution in [3.8, 4) is 0 Å². The molecule has 3 heteroatoms. The lowest BCUT2D eigenvalue weighted by molar-refractivity contribution is 0.795. The number of nitrogens with two attached hydrogens (primary N) is 1. The van der Waals surface area contributed by atoms with E-state index in [1.165, 1.54) is 18.4 Å². The van der Waals surface area contributed by atoms with Crippen LogP contribution < -0.4 is 5.73 Å². The maximum Gasteiger partial charge on any atom is 0.0858 e. The average molecular weight is 253 g/mol. The van der Waals surface area contributed by atoms with E-state index in [0.717, 1.165) is 23.5 Å². The van der Waals surface area contributed by atoms with Crippen molar-refractivity contribution in [1.82, 2.24) is 0 Å². The van der Waals surface area contributed by atoms with Gasteiger partial charge < -0.3 is 5.73 Å². The monoisotopic (exact) mass is 253 g/mol. The van der Waals surface area contributed by atoms with Gasteiger partial charge in [0.2, 0.25) is 0 Å². The fraction of sp³-hybridized carbons (Fsp3) is 0.250. The number of azo groups is 1. The van der Waals surface area contributed by atoms with E-state index >= 15 is 0 Å². The van der Waals surface area contributed by atoms with Crippen LogP contribution in [0.15, 0.2) is 58.8 Å². The van der Waals surface area contributed by atoms with Gasteiger partial charge in [-0.3, -0.25) is 0 Å². The van der Waals surface area contributed by atoms with Gasteiger partial charge in [-0.2, -0.15) is 10.2 Å². The molecule has 0 unspecified atom stereocenters. The molecule has 0 radical (unpaired) electrons. The lowest BCUT2D eigenvalue weighted by atomic mass is 10.1. The molecule has 0 bridgehead atoms. The highest BCUT2D eigenvalue weighted by atomic mass is 15.1. The van der Waals surface area contributed by atoms with Crippen molar-refractivity contribution in [3.63, 3.8) is 0 Å². The molecule has 0 aromatic heterocycles. The van der Waals surface area contributed by atoms with Gasteiger partial charge in [0.15, 0.2) is 0 Å². The Kier molecular flexibility index (Phi) is 4.67. The summed E-state index contributed by atoms with van der Waals surface area (Å²) in [4.78, 5) is 0. The fourth-order valence-electron chi connectivity index (χ4n) is 1.77. The highest BCUT2D eigenvalue weighted by molar-refractivity contribution is 5.48. The van der Waals surface area contributed by atoms with E-state index in [1.54, 1.807) is 0 Å².